The first-order valence-corrected chi connectivity index (χ1v) is 8.79. The Balaban J connectivity index is 1.60. The van der Waals surface area contributed by atoms with E-state index in [0.29, 0.717) is 22.1 Å². The lowest BCUT2D eigenvalue weighted by Crippen LogP contribution is -2.13. The molecule has 3 aromatic rings. The first-order chi connectivity index (χ1) is 12.2. The second-order valence-corrected chi connectivity index (χ2v) is 6.31. The van der Waals surface area contributed by atoms with Crippen LogP contribution in [0.1, 0.15) is 22.5 Å². The van der Waals surface area contributed by atoms with E-state index in [1.54, 1.807) is 18.2 Å². The highest BCUT2D eigenvalue weighted by Gasteiger charge is 2.12. The molecule has 0 aliphatic rings. The Kier molecular flexibility index (Phi) is 5.59. The van der Waals surface area contributed by atoms with Gasteiger partial charge in [-0.05, 0) is 35.7 Å². The zero-order chi connectivity index (χ0) is 17.5. The van der Waals surface area contributed by atoms with Crippen LogP contribution in [0.3, 0.4) is 0 Å². The number of Topliss-reactive ketones (excluding diaryl/α,β-unsaturated/α-hetero) is 1. The van der Waals surface area contributed by atoms with Crippen LogP contribution in [0.5, 0.6) is 11.5 Å². The number of thiophene rings is 1. The summed E-state index contributed by atoms with van der Waals surface area (Å²) in [4.78, 5) is 24.8. The van der Waals surface area contributed by atoms with Crippen molar-refractivity contribution in [3.05, 3.63) is 77.0 Å². The normalized spacial score (nSPS) is 10.2. The molecule has 1 heterocycles. The average Bonchev–Trinajstić information content (AvgIpc) is 3.17. The van der Waals surface area contributed by atoms with Gasteiger partial charge in [0.1, 0.15) is 5.75 Å². The Hall–Kier alpha value is -2.92. The van der Waals surface area contributed by atoms with E-state index in [9.17, 15) is 9.59 Å². The number of ether oxygens (including phenoxy) is 1. The zero-order valence-electron chi connectivity index (χ0n) is 13.5. The van der Waals surface area contributed by atoms with Gasteiger partial charge in [0, 0.05) is 12.8 Å². The van der Waals surface area contributed by atoms with Gasteiger partial charge in [-0.2, -0.15) is 0 Å². The summed E-state index contributed by atoms with van der Waals surface area (Å²) in [6.07, 6.45) is 0.324. The summed E-state index contributed by atoms with van der Waals surface area (Å²) in [6, 6.07) is 20.2. The molecule has 0 fully saturated rings. The standard InChI is InChI=1S/C20H17NO3S/c22-17(19-11-6-14-25-19)12-13-20(23)21-16-9-4-5-10-18(16)24-15-7-2-1-3-8-15/h1-11,14H,12-13H2,(H,21,23). The van der Waals surface area contributed by atoms with E-state index in [-0.39, 0.29) is 24.5 Å². The van der Waals surface area contributed by atoms with Crippen LogP contribution in [0.25, 0.3) is 0 Å². The number of benzene rings is 2. The lowest BCUT2D eigenvalue weighted by atomic mass is 10.2. The maximum absolute atomic E-state index is 12.2. The highest BCUT2D eigenvalue weighted by molar-refractivity contribution is 7.12. The fourth-order valence-corrected chi connectivity index (χ4v) is 2.97. The Bertz CT molecular complexity index is 844. The predicted molar refractivity (Wildman–Crippen MR) is 99.5 cm³/mol. The Labute approximate surface area is 150 Å². The summed E-state index contributed by atoms with van der Waals surface area (Å²) in [5, 5.41) is 4.67. The van der Waals surface area contributed by atoms with E-state index >= 15 is 0 Å². The molecule has 1 amide bonds. The number of hydrogen-bond donors (Lipinski definition) is 1. The van der Waals surface area contributed by atoms with Crippen LogP contribution in [0.4, 0.5) is 5.69 Å². The topological polar surface area (TPSA) is 55.4 Å². The lowest BCUT2D eigenvalue weighted by Gasteiger charge is -2.12. The molecule has 4 nitrogen and oxygen atoms in total. The van der Waals surface area contributed by atoms with Crippen LogP contribution in [0.2, 0.25) is 0 Å². The Morgan fingerprint density at radius 2 is 1.64 bits per heavy atom. The first kappa shape index (κ1) is 16.9. The van der Waals surface area contributed by atoms with E-state index in [1.165, 1.54) is 11.3 Å². The molecular formula is C20H17NO3S. The Morgan fingerprint density at radius 1 is 0.880 bits per heavy atom. The minimum Gasteiger partial charge on any atom is -0.455 e. The minimum atomic E-state index is -0.214. The van der Waals surface area contributed by atoms with Crippen molar-refractivity contribution >= 4 is 28.7 Å². The smallest absolute Gasteiger partial charge is 0.224 e. The van der Waals surface area contributed by atoms with Crippen LogP contribution in [0.15, 0.2) is 72.1 Å². The van der Waals surface area contributed by atoms with Crippen LogP contribution >= 0.6 is 11.3 Å². The molecule has 0 saturated carbocycles. The number of carbonyl (C=O) groups is 2. The molecule has 0 unspecified atom stereocenters. The van der Waals surface area contributed by atoms with Crippen molar-refractivity contribution in [2.24, 2.45) is 0 Å². The molecule has 0 aliphatic carbocycles. The number of para-hydroxylation sites is 3. The van der Waals surface area contributed by atoms with Crippen LogP contribution in [-0.4, -0.2) is 11.7 Å². The van der Waals surface area contributed by atoms with Gasteiger partial charge >= 0.3 is 0 Å². The molecule has 25 heavy (non-hydrogen) atoms. The molecule has 0 radical (unpaired) electrons. The molecule has 0 saturated heterocycles. The molecule has 5 heteroatoms. The molecule has 0 bridgehead atoms. The quantitative estimate of drug-likeness (QED) is 0.600. The largest absolute Gasteiger partial charge is 0.455 e. The van der Waals surface area contributed by atoms with E-state index in [1.807, 2.05) is 53.9 Å². The lowest BCUT2D eigenvalue weighted by molar-refractivity contribution is -0.116. The van der Waals surface area contributed by atoms with E-state index in [4.69, 9.17) is 4.74 Å². The second-order valence-electron chi connectivity index (χ2n) is 5.36. The fraction of sp³-hybridized carbons (Fsp3) is 0.100. The number of ketones is 1. The summed E-state index contributed by atoms with van der Waals surface area (Å²) in [6.45, 7) is 0. The van der Waals surface area contributed by atoms with Gasteiger partial charge in [0.2, 0.25) is 5.91 Å². The van der Waals surface area contributed by atoms with E-state index in [2.05, 4.69) is 5.32 Å². The third-order valence-corrected chi connectivity index (χ3v) is 4.42. The van der Waals surface area contributed by atoms with E-state index in [0.717, 1.165) is 0 Å². The molecule has 0 aliphatic heterocycles. The fourth-order valence-electron chi connectivity index (χ4n) is 2.27. The third kappa shape index (κ3) is 4.78. The van der Waals surface area contributed by atoms with Gasteiger partial charge in [-0.25, -0.2) is 0 Å². The number of rotatable bonds is 7. The molecule has 126 valence electrons. The van der Waals surface area contributed by atoms with Gasteiger partial charge in [0.05, 0.1) is 10.6 Å². The number of amides is 1. The molecule has 2 aromatic carbocycles. The maximum atomic E-state index is 12.2. The summed E-state index contributed by atoms with van der Waals surface area (Å²) < 4.78 is 5.81. The third-order valence-electron chi connectivity index (χ3n) is 3.51. The minimum absolute atomic E-state index is 0.0148. The number of carbonyl (C=O) groups excluding carboxylic acids is 2. The van der Waals surface area contributed by atoms with Gasteiger partial charge < -0.3 is 10.1 Å². The van der Waals surface area contributed by atoms with Gasteiger partial charge in [-0.15, -0.1) is 11.3 Å². The first-order valence-electron chi connectivity index (χ1n) is 7.91. The Morgan fingerprint density at radius 3 is 2.40 bits per heavy atom. The van der Waals surface area contributed by atoms with Gasteiger partial charge in [0.25, 0.3) is 0 Å². The molecule has 1 aromatic heterocycles. The van der Waals surface area contributed by atoms with Crippen molar-refractivity contribution in [3.8, 4) is 11.5 Å². The SMILES string of the molecule is O=C(CCC(=O)c1cccs1)Nc1ccccc1Oc1ccccc1. The molecule has 1 N–H and O–H groups in total. The van der Waals surface area contributed by atoms with Crippen molar-refractivity contribution < 1.29 is 14.3 Å². The van der Waals surface area contributed by atoms with Crippen molar-refractivity contribution in [2.45, 2.75) is 12.8 Å². The second kappa shape index (κ2) is 8.26. The van der Waals surface area contributed by atoms with Crippen molar-refractivity contribution in [1.29, 1.82) is 0 Å². The summed E-state index contributed by atoms with van der Waals surface area (Å²) in [5.74, 6) is 1.02. The summed E-state index contributed by atoms with van der Waals surface area (Å²) in [7, 11) is 0. The molecule has 0 spiro atoms. The zero-order valence-corrected chi connectivity index (χ0v) is 14.3. The van der Waals surface area contributed by atoms with Gasteiger partial charge in [-0.1, -0.05) is 36.4 Å². The van der Waals surface area contributed by atoms with Gasteiger partial charge in [0.15, 0.2) is 11.5 Å². The summed E-state index contributed by atoms with van der Waals surface area (Å²) in [5.41, 5.74) is 0.583. The highest BCUT2D eigenvalue weighted by Crippen LogP contribution is 2.29. The molecule has 3 rings (SSSR count). The number of hydrogen-bond acceptors (Lipinski definition) is 4. The van der Waals surface area contributed by atoms with Crippen LogP contribution in [-0.2, 0) is 4.79 Å². The van der Waals surface area contributed by atoms with Crippen molar-refractivity contribution in [2.75, 3.05) is 5.32 Å². The van der Waals surface area contributed by atoms with E-state index < -0.39 is 0 Å². The number of anilines is 1. The maximum Gasteiger partial charge on any atom is 0.224 e. The monoisotopic (exact) mass is 351 g/mol. The average molecular weight is 351 g/mol. The van der Waals surface area contributed by atoms with Crippen molar-refractivity contribution in [3.63, 3.8) is 0 Å². The molecule has 0 atom stereocenters. The van der Waals surface area contributed by atoms with Gasteiger partial charge in [-0.3, -0.25) is 9.59 Å². The van der Waals surface area contributed by atoms with Crippen LogP contribution in [0, 0.1) is 0 Å². The van der Waals surface area contributed by atoms with Crippen LogP contribution < -0.4 is 10.1 Å². The predicted octanol–water partition coefficient (Wildman–Crippen LogP) is 5.14. The highest BCUT2D eigenvalue weighted by atomic mass is 32.1. The number of nitrogens with one attached hydrogen (secondary N) is 1. The summed E-state index contributed by atoms with van der Waals surface area (Å²) >= 11 is 1.39. The van der Waals surface area contributed by atoms with Crippen molar-refractivity contribution in [1.82, 2.24) is 0 Å². The molecular weight excluding hydrogens is 334 g/mol.